The van der Waals surface area contributed by atoms with Crippen LogP contribution in [0.1, 0.15) is 38.2 Å². The monoisotopic (exact) mass is 456 g/mol. The molecular weight excluding hydrogens is 424 g/mol. The predicted molar refractivity (Wildman–Crippen MR) is 120 cm³/mol. The van der Waals surface area contributed by atoms with E-state index in [1.807, 2.05) is 37.3 Å². The minimum absolute atomic E-state index is 0.134. The number of carboxylic acid groups (broad SMARTS) is 1. The van der Waals surface area contributed by atoms with Gasteiger partial charge >= 0.3 is 5.97 Å². The number of carbonyl (C=O) groups is 3. The van der Waals surface area contributed by atoms with Crippen molar-refractivity contribution in [2.24, 2.45) is 11.8 Å². The molecule has 3 aliphatic heterocycles. The number of benzene rings is 1. The van der Waals surface area contributed by atoms with E-state index < -0.39 is 35.0 Å². The van der Waals surface area contributed by atoms with Crippen molar-refractivity contribution < 1.29 is 29.3 Å². The van der Waals surface area contributed by atoms with Crippen molar-refractivity contribution in [1.82, 2.24) is 9.80 Å². The van der Waals surface area contributed by atoms with Crippen LogP contribution in [0, 0.1) is 11.8 Å². The molecule has 33 heavy (non-hydrogen) atoms. The molecule has 8 heteroatoms. The van der Waals surface area contributed by atoms with Crippen LogP contribution in [-0.2, 0) is 25.7 Å². The predicted octanol–water partition coefficient (Wildman–Crippen LogP) is 1.82. The van der Waals surface area contributed by atoms with Crippen LogP contribution in [0.4, 0.5) is 0 Å². The summed E-state index contributed by atoms with van der Waals surface area (Å²) >= 11 is 0. The molecule has 178 valence electrons. The fraction of sp³-hybridized carbons (Fsp3) is 0.560. The summed E-state index contributed by atoms with van der Waals surface area (Å²) in [6.07, 6.45) is 3.37. The van der Waals surface area contributed by atoms with E-state index in [-0.39, 0.29) is 31.5 Å². The fourth-order valence-corrected chi connectivity index (χ4v) is 6.22. The van der Waals surface area contributed by atoms with Crippen LogP contribution in [0.5, 0.6) is 0 Å². The molecule has 2 bridgehead atoms. The molecule has 8 nitrogen and oxygen atoms in total. The lowest BCUT2D eigenvalue weighted by atomic mass is 9.65. The molecule has 0 saturated carbocycles. The number of fused-ring (bicyclic) bond motifs is 1. The standard InChI is InChI=1S/C25H32N2O6/c1-3-13-26(16-17-9-6-5-7-10-17)22(30)20-25-12-11-24(4-2,33-25)19(23(31)32)18(25)21(29)27(20)14-8-15-28/h3,5-7,9-10,18-20,28H,1,4,8,11-16H2,2H3,(H,31,32)/t18-,19+,20?,24-,25?/m0/s1. The number of rotatable bonds is 10. The summed E-state index contributed by atoms with van der Waals surface area (Å²) in [4.78, 5) is 43.1. The first-order valence-corrected chi connectivity index (χ1v) is 11.6. The van der Waals surface area contributed by atoms with Gasteiger partial charge in [0.05, 0.1) is 11.5 Å². The minimum Gasteiger partial charge on any atom is -0.481 e. The first-order valence-electron chi connectivity index (χ1n) is 11.6. The average molecular weight is 457 g/mol. The number of nitrogens with zero attached hydrogens (tertiary/aromatic N) is 2. The molecule has 0 radical (unpaired) electrons. The minimum atomic E-state index is -1.17. The largest absolute Gasteiger partial charge is 0.481 e. The third-order valence-electron chi connectivity index (χ3n) is 7.62. The Kier molecular flexibility index (Phi) is 6.33. The highest BCUT2D eigenvalue weighted by Crippen LogP contribution is 2.64. The van der Waals surface area contributed by atoms with E-state index in [0.29, 0.717) is 32.2 Å². The summed E-state index contributed by atoms with van der Waals surface area (Å²) < 4.78 is 6.51. The van der Waals surface area contributed by atoms with Gasteiger partial charge in [0.2, 0.25) is 11.8 Å². The smallest absolute Gasteiger partial charge is 0.310 e. The highest BCUT2D eigenvalue weighted by molar-refractivity contribution is 5.98. The number of aliphatic hydroxyl groups is 1. The lowest BCUT2D eigenvalue weighted by Crippen LogP contribution is -2.56. The van der Waals surface area contributed by atoms with Gasteiger partial charge in [-0.2, -0.15) is 0 Å². The van der Waals surface area contributed by atoms with E-state index in [1.165, 1.54) is 4.90 Å². The number of hydrogen-bond acceptors (Lipinski definition) is 5. The molecule has 5 atom stereocenters. The zero-order valence-electron chi connectivity index (χ0n) is 19.0. The van der Waals surface area contributed by atoms with Crippen molar-refractivity contribution in [3.05, 3.63) is 48.6 Å². The highest BCUT2D eigenvalue weighted by atomic mass is 16.5. The molecule has 1 spiro atoms. The summed E-state index contributed by atoms with van der Waals surface area (Å²) in [5.74, 6) is -3.58. The second-order valence-corrected chi connectivity index (χ2v) is 9.27. The number of aliphatic carboxylic acids is 1. The second-order valence-electron chi connectivity index (χ2n) is 9.27. The summed E-state index contributed by atoms with van der Waals surface area (Å²) in [5, 5.41) is 19.5. The van der Waals surface area contributed by atoms with Gasteiger partial charge in [0.15, 0.2) is 0 Å². The highest BCUT2D eigenvalue weighted by Gasteiger charge is 2.78. The maximum absolute atomic E-state index is 14.0. The molecular formula is C25H32N2O6. The summed E-state index contributed by atoms with van der Waals surface area (Å²) in [5.41, 5.74) is -1.16. The van der Waals surface area contributed by atoms with E-state index in [9.17, 15) is 24.6 Å². The van der Waals surface area contributed by atoms with Gasteiger partial charge in [0.25, 0.3) is 0 Å². The van der Waals surface area contributed by atoms with Gasteiger partial charge in [-0.25, -0.2) is 0 Å². The molecule has 3 fully saturated rings. The van der Waals surface area contributed by atoms with Gasteiger partial charge in [-0.1, -0.05) is 43.3 Å². The molecule has 3 saturated heterocycles. The Hall–Kier alpha value is -2.71. The maximum Gasteiger partial charge on any atom is 0.310 e. The quantitative estimate of drug-likeness (QED) is 0.520. The molecule has 2 unspecified atom stereocenters. The van der Waals surface area contributed by atoms with Gasteiger partial charge in [-0.15, -0.1) is 6.58 Å². The molecule has 3 heterocycles. The molecule has 1 aromatic carbocycles. The van der Waals surface area contributed by atoms with E-state index >= 15 is 0 Å². The van der Waals surface area contributed by atoms with Crippen LogP contribution in [0.2, 0.25) is 0 Å². The van der Waals surface area contributed by atoms with Crippen molar-refractivity contribution in [1.29, 1.82) is 0 Å². The van der Waals surface area contributed by atoms with Crippen LogP contribution >= 0.6 is 0 Å². The van der Waals surface area contributed by atoms with Crippen LogP contribution in [0.15, 0.2) is 43.0 Å². The van der Waals surface area contributed by atoms with E-state index in [2.05, 4.69) is 6.58 Å². The van der Waals surface area contributed by atoms with E-state index in [0.717, 1.165) is 5.56 Å². The third-order valence-corrected chi connectivity index (χ3v) is 7.62. The lowest BCUT2D eigenvalue weighted by Gasteiger charge is -2.37. The first kappa shape index (κ1) is 23.4. The zero-order chi connectivity index (χ0) is 23.8. The molecule has 0 aromatic heterocycles. The number of carbonyl (C=O) groups excluding carboxylic acids is 2. The molecule has 3 aliphatic rings. The average Bonchev–Trinajstić information content (AvgIpc) is 3.41. The van der Waals surface area contributed by atoms with Crippen LogP contribution in [-0.4, -0.2) is 74.7 Å². The molecule has 1 aromatic rings. The lowest BCUT2D eigenvalue weighted by molar-refractivity contribution is -0.158. The van der Waals surface area contributed by atoms with Gasteiger partial charge in [0.1, 0.15) is 17.6 Å². The zero-order valence-corrected chi connectivity index (χ0v) is 19.0. The van der Waals surface area contributed by atoms with Crippen LogP contribution in [0.3, 0.4) is 0 Å². The molecule has 0 aliphatic carbocycles. The Morgan fingerprint density at radius 1 is 1.30 bits per heavy atom. The molecule has 2 amide bonds. The third kappa shape index (κ3) is 3.56. The topological polar surface area (TPSA) is 107 Å². The van der Waals surface area contributed by atoms with Crippen LogP contribution in [0.25, 0.3) is 0 Å². The maximum atomic E-state index is 14.0. The number of likely N-dealkylation sites (tertiary alicyclic amines) is 1. The van der Waals surface area contributed by atoms with Crippen molar-refractivity contribution in [3.63, 3.8) is 0 Å². The number of ether oxygens (including phenoxy) is 1. The number of carboxylic acids is 1. The van der Waals surface area contributed by atoms with Gasteiger partial charge < -0.3 is 24.7 Å². The Morgan fingerprint density at radius 3 is 2.64 bits per heavy atom. The second kappa shape index (κ2) is 8.91. The molecule has 2 N–H and O–H groups in total. The normalized spacial score (nSPS) is 32.1. The summed E-state index contributed by atoms with van der Waals surface area (Å²) in [6, 6.07) is 8.63. The van der Waals surface area contributed by atoms with Crippen molar-refractivity contribution in [2.45, 2.75) is 56.4 Å². The van der Waals surface area contributed by atoms with Crippen molar-refractivity contribution in [3.8, 4) is 0 Å². The van der Waals surface area contributed by atoms with Gasteiger partial charge in [-0.05, 0) is 31.2 Å². The van der Waals surface area contributed by atoms with Gasteiger partial charge in [0, 0.05) is 26.2 Å². The number of hydrogen-bond donors (Lipinski definition) is 2. The Labute approximate surface area is 193 Å². The fourth-order valence-electron chi connectivity index (χ4n) is 6.22. The van der Waals surface area contributed by atoms with Crippen molar-refractivity contribution in [2.75, 3.05) is 19.7 Å². The Balaban J connectivity index is 1.75. The Bertz CT molecular complexity index is 936. The summed E-state index contributed by atoms with van der Waals surface area (Å²) in [6.45, 7) is 6.33. The SMILES string of the molecule is C=CCN(Cc1ccccc1)C(=O)C1N(CCCO)C(=O)[C@@H]2[C@H](C(=O)O)[C@]3(CC)CCC12O3. The summed E-state index contributed by atoms with van der Waals surface area (Å²) in [7, 11) is 0. The molecule has 4 rings (SSSR count). The van der Waals surface area contributed by atoms with Gasteiger partial charge in [-0.3, -0.25) is 14.4 Å². The van der Waals surface area contributed by atoms with E-state index in [1.54, 1.807) is 11.0 Å². The van der Waals surface area contributed by atoms with E-state index in [4.69, 9.17) is 4.74 Å². The van der Waals surface area contributed by atoms with Crippen LogP contribution < -0.4 is 0 Å². The van der Waals surface area contributed by atoms with Crippen molar-refractivity contribution >= 4 is 17.8 Å². The Morgan fingerprint density at radius 2 is 2.03 bits per heavy atom. The number of amides is 2. The number of aliphatic hydroxyl groups excluding tert-OH is 1. The first-order chi connectivity index (χ1) is 15.8.